The third-order valence-electron chi connectivity index (χ3n) is 4.98. The molecule has 1 unspecified atom stereocenters. The van der Waals surface area contributed by atoms with Gasteiger partial charge in [0.1, 0.15) is 5.82 Å². The first-order valence-electron chi connectivity index (χ1n) is 8.19. The predicted octanol–water partition coefficient (Wildman–Crippen LogP) is 2.91. The third kappa shape index (κ3) is 3.22. The van der Waals surface area contributed by atoms with E-state index in [-0.39, 0.29) is 11.9 Å². The molecule has 0 aromatic heterocycles. The average Bonchev–Trinajstić information content (AvgIpc) is 3.01. The van der Waals surface area contributed by atoms with Gasteiger partial charge in [0.25, 0.3) is 0 Å². The molecule has 1 heterocycles. The molecule has 2 fully saturated rings. The van der Waals surface area contributed by atoms with E-state index in [1.165, 1.54) is 25.7 Å². The van der Waals surface area contributed by atoms with Crippen molar-refractivity contribution in [2.45, 2.75) is 44.7 Å². The van der Waals surface area contributed by atoms with Gasteiger partial charge in [-0.05, 0) is 43.5 Å². The molecule has 0 spiro atoms. The van der Waals surface area contributed by atoms with Gasteiger partial charge in [0.15, 0.2) is 0 Å². The van der Waals surface area contributed by atoms with Gasteiger partial charge in [-0.2, -0.15) is 0 Å². The molecule has 2 N–H and O–H groups in total. The molecule has 2 aliphatic rings. The highest BCUT2D eigenvalue weighted by Gasteiger charge is 2.27. The minimum Gasteiger partial charge on any atom is -0.369 e. The van der Waals surface area contributed by atoms with Crippen molar-refractivity contribution in [1.82, 2.24) is 4.90 Å². The highest BCUT2D eigenvalue weighted by molar-refractivity contribution is 5.55. The number of nitrogens with two attached hydrogens (primary N) is 1. The summed E-state index contributed by atoms with van der Waals surface area (Å²) >= 11 is 0. The molecule has 0 radical (unpaired) electrons. The molecule has 116 valence electrons. The van der Waals surface area contributed by atoms with Gasteiger partial charge in [0.05, 0.1) is 0 Å². The number of piperazine rings is 1. The summed E-state index contributed by atoms with van der Waals surface area (Å²) in [6.07, 6.45) is 5.50. The summed E-state index contributed by atoms with van der Waals surface area (Å²) in [6.45, 7) is 6.18. The second-order valence-electron chi connectivity index (χ2n) is 6.45. The quantitative estimate of drug-likeness (QED) is 0.929. The van der Waals surface area contributed by atoms with Crippen LogP contribution in [0.25, 0.3) is 0 Å². The second kappa shape index (κ2) is 6.32. The van der Waals surface area contributed by atoms with Crippen LogP contribution >= 0.6 is 0 Å². The van der Waals surface area contributed by atoms with Crippen LogP contribution in [0.4, 0.5) is 10.1 Å². The molecule has 3 nitrogen and oxygen atoms in total. The topological polar surface area (TPSA) is 32.5 Å². The molecule has 1 aromatic rings. The van der Waals surface area contributed by atoms with E-state index in [1.54, 1.807) is 12.1 Å². The molecule has 1 aliphatic carbocycles. The molecule has 3 rings (SSSR count). The van der Waals surface area contributed by atoms with Crippen LogP contribution in [0.5, 0.6) is 0 Å². The first-order chi connectivity index (χ1) is 10.1. The Hall–Kier alpha value is -1.13. The molecule has 1 aliphatic heterocycles. The molecule has 1 saturated carbocycles. The molecule has 0 bridgehead atoms. The number of rotatable bonds is 3. The number of anilines is 1. The highest BCUT2D eigenvalue weighted by atomic mass is 19.1. The van der Waals surface area contributed by atoms with Crippen molar-refractivity contribution in [3.05, 3.63) is 29.6 Å². The second-order valence-corrected chi connectivity index (χ2v) is 6.45. The van der Waals surface area contributed by atoms with Gasteiger partial charge in [-0.3, -0.25) is 4.90 Å². The summed E-state index contributed by atoms with van der Waals surface area (Å²) in [4.78, 5) is 5.00. The van der Waals surface area contributed by atoms with Gasteiger partial charge >= 0.3 is 0 Å². The van der Waals surface area contributed by atoms with Gasteiger partial charge in [0, 0.05) is 44.0 Å². The average molecular weight is 291 g/mol. The Labute approximate surface area is 126 Å². The molecular formula is C17H26FN3. The van der Waals surface area contributed by atoms with E-state index in [9.17, 15) is 4.39 Å². The van der Waals surface area contributed by atoms with Gasteiger partial charge in [-0.15, -0.1) is 0 Å². The highest BCUT2D eigenvalue weighted by Crippen LogP contribution is 2.29. The minimum atomic E-state index is -0.198. The Morgan fingerprint density at radius 1 is 1.14 bits per heavy atom. The maximum atomic E-state index is 13.5. The summed E-state index contributed by atoms with van der Waals surface area (Å²) in [5.41, 5.74) is 8.04. The summed E-state index contributed by atoms with van der Waals surface area (Å²) < 4.78 is 13.5. The van der Waals surface area contributed by atoms with E-state index in [0.29, 0.717) is 0 Å². The van der Waals surface area contributed by atoms with Crippen molar-refractivity contribution in [2.75, 3.05) is 31.1 Å². The monoisotopic (exact) mass is 291 g/mol. The Kier molecular flexibility index (Phi) is 4.45. The normalized spacial score (nSPS) is 22.7. The van der Waals surface area contributed by atoms with E-state index in [0.717, 1.165) is 43.5 Å². The van der Waals surface area contributed by atoms with E-state index >= 15 is 0 Å². The number of nitrogens with zero attached hydrogens (tertiary/aromatic N) is 2. The maximum absolute atomic E-state index is 13.5. The Morgan fingerprint density at radius 2 is 1.81 bits per heavy atom. The van der Waals surface area contributed by atoms with Crippen LogP contribution in [0.15, 0.2) is 18.2 Å². The summed E-state index contributed by atoms with van der Waals surface area (Å²) in [5, 5.41) is 0. The lowest BCUT2D eigenvalue weighted by Crippen LogP contribution is -2.50. The van der Waals surface area contributed by atoms with Crippen molar-refractivity contribution in [3.8, 4) is 0 Å². The van der Waals surface area contributed by atoms with Crippen LogP contribution in [0.2, 0.25) is 0 Å². The zero-order valence-corrected chi connectivity index (χ0v) is 12.9. The van der Waals surface area contributed by atoms with Gasteiger partial charge in [0.2, 0.25) is 0 Å². The van der Waals surface area contributed by atoms with Crippen LogP contribution in [-0.4, -0.2) is 37.1 Å². The molecule has 1 saturated heterocycles. The van der Waals surface area contributed by atoms with Crippen molar-refractivity contribution in [1.29, 1.82) is 0 Å². The molecule has 0 amide bonds. The number of hydrogen-bond donors (Lipinski definition) is 1. The molecule has 4 heteroatoms. The summed E-state index contributed by atoms with van der Waals surface area (Å²) in [6, 6.07) is 5.68. The number of hydrogen-bond acceptors (Lipinski definition) is 3. The third-order valence-corrected chi connectivity index (χ3v) is 4.98. The number of benzene rings is 1. The van der Waals surface area contributed by atoms with Crippen LogP contribution in [0.1, 0.15) is 44.2 Å². The SMILES string of the molecule is CC(N)c1cc(F)ccc1N1CCN(C2CCCC2)CC1. The van der Waals surface area contributed by atoms with Crippen molar-refractivity contribution < 1.29 is 4.39 Å². The smallest absolute Gasteiger partial charge is 0.123 e. The van der Waals surface area contributed by atoms with E-state index in [2.05, 4.69) is 9.80 Å². The lowest BCUT2D eigenvalue weighted by molar-refractivity contribution is 0.187. The first-order valence-corrected chi connectivity index (χ1v) is 8.19. The Bertz CT molecular complexity index is 475. The van der Waals surface area contributed by atoms with Gasteiger partial charge < -0.3 is 10.6 Å². The lowest BCUT2D eigenvalue weighted by Gasteiger charge is -2.40. The van der Waals surface area contributed by atoms with Crippen molar-refractivity contribution in [3.63, 3.8) is 0 Å². The minimum absolute atomic E-state index is 0.136. The van der Waals surface area contributed by atoms with E-state index < -0.39 is 0 Å². The predicted molar refractivity (Wildman–Crippen MR) is 85.0 cm³/mol. The Morgan fingerprint density at radius 3 is 2.43 bits per heavy atom. The fraction of sp³-hybridized carbons (Fsp3) is 0.647. The molecule has 1 aromatic carbocycles. The molecular weight excluding hydrogens is 265 g/mol. The zero-order valence-electron chi connectivity index (χ0n) is 12.9. The molecule has 21 heavy (non-hydrogen) atoms. The fourth-order valence-electron chi connectivity index (χ4n) is 3.78. The standard InChI is InChI=1S/C17H26FN3/c1-13(19)16-12-14(18)6-7-17(16)21-10-8-20(9-11-21)15-4-2-3-5-15/h6-7,12-13,15H,2-5,8-11,19H2,1H3. The van der Waals surface area contributed by atoms with E-state index in [4.69, 9.17) is 5.73 Å². The van der Waals surface area contributed by atoms with Crippen LogP contribution < -0.4 is 10.6 Å². The zero-order chi connectivity index (χ0) is 14.8. The van der Waals surface area contributed by atoms with Crippen LogP contribution in [0, 0.1) is 5.82 Å². The number of halogens is 1. The maximum Gasteiger partial charge on any atom is 0.123 e. The van der Waals surface area contributed by atoms with Crippen LogP contribution in [-0.2, 0) is 0 Å². The Balaban J connectivity index is 1.69. The lowest BCUT2D eigenvalue weighted by atomic mass is 10.0. The van der Waals surface area contributed by atoms with Gasteiger partial charge in [-0.25, -0.2) is 4.39 Å². The fourth-order valence-corrected chi connectivity index (χ4v) is 3.78. The summed E-state index contributed by atoms with van der Waals surface area (Å²) in [5.74, 6) is -0.198. The van der Waals surface area contributed by atoms with Crippen molar-refractivity contribution in [2.24, 2.45) is 5.73 Å². The van der Waals surface area contributed by atoms with Crippen LogP contribution in [0.3, 0.4) is 0 Å². The van der Waals surface area contributed by atoms with Gasteiger partial charge in [-0.1, -0.05) is 12.8 Å². The first kappa shape index (κ1) is 14.8. The van der Waals surface area contributed by atoms with Crippen molar-refractivity contribution >= 4 is 5.69 Å². The largest absolute Gasteiger partial charge is 0.369 e. The van der Waals surface area contributed by atoms with E-state index in [1.807, 2.05) is 13.0 Å². The molecule has 1 atom stereocenters. The summed E-state index contributed by atoms with van der Waals surface area (Å²) in [7, 11) is 0.